The smallest absolute Gasteiger partial charge is 0.282 e. The van der Waals surface area contributed by atoms with Crippen LogP contribution in [0.4, 0.5) is 11.4 Å². The van der Waals surface area contributed by atoms with E-state index in [9.17, 15) is 14.9 Å². The van der Waals surface area contributed by atoms with E-state index >= 15 is 0 Å². The Hall–Kier alpha value is -2.89. The van der Waals surface area contributed by atoms with Gasteiger partial charge in [-0.25, -0.2) is 0 Å². The van der Waals surface area contributed by atoms with Crippen molar-refractivity contribution in [3.05, 3.63) is 69.8 Å². The third-order valence-electron chi connectivity index (χ3n) is 3.02. The van der Waals surface area contributed by atoms with E-state index in [1.165, 1.54) is 18.2 Å². The van der Waals surface area contributed by atoms with Gasteiger partial charge in [0.05, 0.1) is 4.92 Å². The van der Waals surface area contributed by atoms with Crippen LogP contribution in [0.1, 0.15) is 15.9 Å². The number of nitro benzene ring substituents is 1. The third-order valence-corrected chi connectivity index (χ3v) is 3.02. The monoisotopic (exact) mass is 285 g/mol. The number of hydrogen-bond acceptors (Lipinski definition) is 4. The van der Waals surface area contributed by atoms with Gasteiger partial charge in [0.1, 0.15) is 5.56 Å². The van der Waals surface area contributed by atoms with E-state index in [4.69, 9.17) is 5.73 Å². The van der Waals surface area contributed by atoms with Gasteiger partial charge in [-0.3, -0.25) is 14.9 Å². The van der Waals surface area contributed by atoms with Crippen LogP contribution in [-0.4, -0.2) is 17.4 Å². The minimum Gasteiger partial charge on any atom is -0.399 e. The molecule has 0 aliphatic rings. The van der Waals surface area contributed by atoms with Crippen LogP contribution in [-0.2, 0) is 6.42 Å². The van der Waals surface area contributed by atoms with Crippen LogP contribution in [0.15, 0.2) is 48.5 Å². The molecule has 1 amide bonds. The summed E-state index contributed by atoms with van der Waals surface area (Å²) < 4.78 is 0. The average molecular weight is 285 g/mol. The van der Waals surface area contributed by atoms with E-state index in [-0.39, 0.29) is 11.3 Å². The van der Waals surface area contributed by atoms with E-state index in [1.54, 1.807) is 18.2 Å². The molecule has 6 heteroatoms. The number of carbonyl (C=O) groups excluding carboxylic acids is 1. The van der Waals surface area contributed by atoms with Crippen molar-refractivity contribution in [3.8, 4) is 0 Å². The zero-order valence-electron chi connectivity index (χ0n) is 11.3. The van der Waals surface area contributed by atoms with E-state index in [0.29, 0.717) is 18.7 Å². The van der Waals surface area contributed by atoms with Crippen LogP contribution in [0, 0.1) is 10.1 Å². The van der Waals surface area contributed by atoms with Crippen LogP contribution >= 0.6 is 0 Å². The van der Waals surface area contributed by atoms with E-state index in [0.717, 1.165) is 5.56 Å². The number of para-hydroxylation sites is 1. The lowest BCUT2D eigenvalue weighted by atomic mass is 10.1. The highest BCUT2D eigenvalue weighted by Gasteiger charge is 2.18. The molecular weight excluding hydrogens is 270 g/mol. The standard InChI is InChI=1S/C15H15N3O3/c16-12-7-5-11(6-8-12)9-10-17-15(19)13-3-1-2-4-14(13)18(20)21/h1-8H,9-10,16H2,(H,17,19). The van der Waals surface area contributed by atoms with Crippen LogP contribution in [0.2, 0.25) is 0 Å². The number of nitrogens with two attached hydrogens (primary N) is 1. The number of nitro groups is 1. The quantitative estimate of drug-likeness (QED) is 0.499. The topological polar surface area (TPSA) is 98.3 Å². The number of nitrogen functional groups attached to an aromatic ring is 1. The Labute approximate surface area is 121 Å². The number of hydrogen-bond donors (Lipinski definition) is 2. The number of anilines is 1. The zero-order chi connectivity index (χ0) is 15.2. The van der Waals surface area contributed by atoms with Crippen molar-refractivity contribution in [1.82, 2.24) is 5.32 Å². The van der Waals surface area contributed by atoms with E-state index in [2.05, 4.69) is 5.32 Å². The highest BCUT2D eigenvalue weighted by molar-refractivity contribution is 5.98. The highest BCUT2D eigenvalue weighted by Crippen LogP contribution is 2.17. The molecule has 0 aliphatic heterocycles. The van der Waals surface area contributed by atoms with Crippen molar-refractivity contribution in [2.45, 2.75) is 6.42 Å². The molecule has 2 rings (SSSR count). The fourth-order valence-corrected chi connectivity index (χ4v) is 1.92. The molecule has 0 unspecified atom stereocenters. The van der Waals surface area contributed by atoms with Crippen LogP contribution < -0.4 is 11.1 Å². The second-order valence-electron chi connectivity index (χ2n) is 4.52. The van der Waals surface area contributed by atoms with Gasteiger partial charge in [-0.05, 0) is 30.2 Å². The number of benzene rings is 2. The number of nitrogens with zero attached hydrogens (tertiary/aromatic N) is 1. The molecule has 2 aromatic rings. The molecule has 0 aromatic heterocycles. The minimum absolute atomic E-state index is 0.0693. The Morgan fingerprint density at radius 2 is 1.81 bits per heavy atom. The van der Waals surface area contributed by atoms with Crippen LogP contribution in [0.3, 0.4) is 0 Å². The fourth-order valence-electron chi connectivity index (χ4n) is 1.92. The summed E-state index contributed by atoms with van der Waals surface area (Å²) in [6.07, 6.45) is 0.632. The summed E-state index contributed by atoms with van der Waals surface area (Å²) in [6, 6.07) is 13.2. The van der Waals surface area contributed by atoms with Gasteiger partial charge < -0.3 is 11.1 Å². The maximum Gasteiger partial charge on any atom is 0.282 e. The fraction of sp³-hybridized carbons (Fsp3) is 0.133. The molecule has 0 fully saturated rings. The Bertz CT molecular complexity index is 653. The summed E-state index contributed by atoms with van der Waals surface area (Å²) in [5.41, 5.74) is 7.19. The lowest BCUT2D eigenvalue weighted by Gasteiger charge is -2.06. The predicted molar refractivity (Wildman–Crippen MR) is 80.0 cm³/mol. The Kier molecular flexibility index (Phi) is 4.50. The summed E-state index contributed by atoms with van der Waals surface area (Å²) in [5, 5.41) is 13.5. The van der Waals surface area contributed by atoms with Gasteiger partial charge in [0, 0.05) is 18.3 Å². The molecule has 0 radical (unpaired) electrons. The third kappa shape index (κ3) is 3.79. The molecule has 6 nitrogen and oxygen atoms in total. The van der Waals surface area contributed by atoms with E-state index < -0.39 is 10.8 Å². The van der Waals surface area contributed by atoms with Crippen molar-refractivity contribution in [1.29, 1.82) is 0 Å². The van der Waals surface area contributed by atoms with Gasteiger partial charge in [-0.15, -0.1) is 0 Å². The Balaban J connectivity index is 1.96. The Morgan fingerprint density at radius 3 is 2.48 bits per heavy atom. The van der Waals surface area contributed by atoms with Gasteiger partial charge in [-0.1, -0.05) is 24.3 Å². The first-order valence-electron chi connectivity index (χ1n) is 6.44. The maximum atomic E-state index is 12.0. The number of amides is 1. The molecule has 0 heterocycles. The first kappa shape index (κ1) is 14.5. The lowest BCUT2D eigenvalue weighted by Crippen LogP contribution is -2.26. The van der Waals surface area contributed by atoms with Gasteiger partial charge in [0.2, 0.25) is 0 Å². The van der Waals surface area contributed by atoms with E-state index in [1.807, 2.05) is 12.1 Å². The van der Waals surface area contributed by atoms with Gasteiger partial charge >= 0.3 is 0 Å². The number of rotatable bonds is 5. The van der Waals surface area contributed by atoms with Gasteiger partial charge in [0.25, 0.3) is 11.6 Å². The predicted octanol–water partition coefficient (Wildman–Crippen LogP) is 2.15. The molecule has 0 saturated carbocycles. The molecule has 0 saturated heterocycles. The second-order valence-corrected chi connectivity index (χ2v) is 4.52. The molecular formula is C15H15N3O3. The van der Waals surface area contributed by atoms with Crippen molar-refractivity contribution in [3.63, 3.8) is 0 Å². The molecule has 0 spiro atoms. The maximum absolute atomic E-state index is 12.0. The lowest BCUT2D eigenvalue weighted by molar-refractivity contribution is -0.385. The first-order chi connectivity index (χ1) is 10.1. The summed E-state index contributed by atoms with van der Waals surface area (Å²) in [4.78, 5) is 22.3. The average Bonchev–Trinajstić information content (AvgIpc) is 2.49. The molecule has 108 valence electrons. The highest BCUT2D eigenvalue weighted by atomic mass is 16.6. The van der Waals surface area contributed by atoms with Gasteiger partial charge in [0.15, 0.2) is 0 Å². The molecule has 0 bridgehead atoms. The van der Waals surface area contributed by atoms with Crippen LogP contribution in [0.5, 0.6) is 0 Å². The number of carbonyl (C=O) groups is 1. The molecule has 0 atom stereocenters. The Morgan fingerprint density at radius 1 is 1.14 bits per heavy atom. The number of nitrogens with one attached hydrogen (secondary N) is 1. The minimum atomic E-state index is -0.561. The SMILES string of the molecule is Nc1ccc(CCNC(=O)c2ccccc2[N+](=O)[O-])cc1. The second kappa shape index (κ2) is 6.51. The van der Waals surface area contributed by atoms with Crippen molar-refractivity contribution in [2.75, 3.05) is 12.3 Å². The summed E-state index contributed by atoms with van der Waals surface area (Å²) >= 11 is 0. The normalized spacial score (nSPS) is 10.1. The van der Waals surface area contributed by atoms with Gasteiger partial charge in [-0.2, -0.15) is 0 Å². The molecule has 21 heavy (non-hydrogen) atoms. The zero-order valence-corrected chi connectivity index (χ0v) is 11.3. The largest absolute Gasteiger partial charge is 0.399 e. The molecule has 3 N–H and O–H groups in total. The summed E-state index contributed by atoms with van der Waals surface area (Å²) in [5.74, 6) is -0.447. The summed E-state index contributed by atoms with van der Waals surface area (Å²) in [7, 11) is 0. The summed E-state index contributed by atoms with van der Waals surface area (Å²) in [6.45, 7) is 0.398. The van der Waals surface area contributed by atoms with Crippen molar-refractivity contribution >= 4 is 17.3 Å². The van der Waals surface area contributed by atoms with Crippen molar-refractivity contribution < 1.29 is 9.72 Å². The molecule has 2 aromatic carbocycles. The first-order valence-corrected chi connectivity index (χ1v) is 6.44. The molecule has 0 aliphatic carbocycles. The van der Waals surface area contributed by atoms with Crippen molar-refractivity contribution in [2.24, 2.45) is 0 Å². The van der Waals surface area contributed by atoms with Crippen LogP contribution in [0.25, 0.3) is 0 Å².